The SMILES string of the molecule is CN1CCC(OC(=O)c2ccncc2N)CC1. The number of carbonyl (C=O) groups is 1. The van der Waals surface area contributed by atoms with Gasteiger partial charge in [0.2, 0.25) is 0 Å². The first kappa shape index (κ1) is 11.9. The Kier molecular flexibility index (Phi) is 3.58. The van der Waals surface area contributed by atoms with E-state index in [1.54, 1.807) is 12.3 Å². The number of nitrogens with zero attached hydrogens (tertiary/aromatic N) is 2. The van der Waals surface area contributed by atoms with Crippen LogP contribution in [0.5, 0.6) is 0 Å². The van der Waals surface area contributed by atoms with Gasteiger partial charge in [0, 0.05) is 19.3 Å². The fraction of sp³-hybridized carbons (Fsp3) is 0.500. The van der Waals surface area contributed by atoms with E-state index in [9.17, 15) is 4.79 Å². The van der Waals surface area contributed by atoms with E-state index in [0.29, 0.717) is 11.3 Å². The van der Waals surface area contributed by atoms with Crippen molar-refractivity contribution in [3.8, 4) is 0 Å². The normalized spacial score (nSPS) is 17.9. The number of ether oxygens (including phenoxy) is 1. The van der Waals surface area contributed by atoms with Crippen molar-refractivity contribution in [1.29, 1.82) is 0 Å². The monoisotopic (exact) mass is 235 g/mol. The molecule has 0 aromatic carbocycles. The molecule has 5 nitrogen and oxygen atoms in total. The van der Waals surface area contributed by atoms with Crippen LogP contribution in [-0.4, -0.2) is 42.1 Å². The molecule has 2 N–H and O–H groups in total. The number of likely N-dealkylation sites (tertiary alicyclic amines) is 1. The van der Waals surface area contributed by atoms with Crippen LogP contribution >= 0.6 is 0 Å². The summed E-state index contributed by atoms with van der Waals surface area (Å²) in [6.45, 7) is 1.92. The summed E-state index contributed by atoms with van der Waals surface area (Å²) in [7, 11) is 2.07. The van der Waals surface area contributed by atoms with E-state index in [1.165, 1.54) is 6.20 Å². The summed E-state index contributed by atoms with van der Waals surface area (Å²) in [5.74, 6) is -0.348. The van der Waals surface area contributed by atoms with Gasteiger partial charge in [-0.15, -0.1) is 0 Å². The number of aromatic nitrogens is 1. The molecule has 0 radical (unpaired) electrons. The Morgan fingerprint density at radius 2 is 2.24 bits per heavy atom. The molecule has 1 aromatic rings. The third kappa shape index (κ3) is 2.94. The van der Waals surface area contributed by atoms with Gasteiger partial charge in [0.05, 0.1) is 17.4 Å². The number of hydrogen-bond acceptors (Lipinski definition) is 5. The van der Waals surface area contributed by atoms with Crippen molar-refractivity contribution in [3.05, 3.63) is 24.0 Å². The molecular formula is C12H17N3O2. The lowest BCUT2D eigenvalue weighted by Crippen LogP contribution is -2.35. The summed E-state index contributed by atoms with van der Waals surface area (Å²) in [6, 6.07) is 1.59. The number of pyridine rings is 1. The van der Waals surface area contributed by atoms with Gasteiger partial charge < -0.3 is 15.4 Å². The number of piperidine rings is 1. The van der Waals surface area contributed by atoms with Crippen LogP contribution < -0.4 is 5.73 Å². The van der Waals surface area contributed by atoms with Gasteiger partial charge in [-0.2, -0.15) is 0 Å². The van der Waals surface area contributed by atoms with Gasteiger partial charge in [-0.1, -0.05) is 0 Å². The number of nitrogen functional groups attached to an aromatic ring is 1. The molecule has 2 rings (SSSR count). The van der Waals surface area contributed by atoms with Crippen molar-refractivity contribution in [1.82, 2.24) is 9.88 Å². The Hall–Kier alpha value is -1.62. The second-order valence-corrected chi connectivity index (χ2v) is 4.37. The van der Waals surface area contributed by atoms with Gasteiger partial charge in [0.25, 0.3) is 0 Å². The van der Waals surface area contributed by atoms with E-state index in [-0.39, 0.29) is 12.1 Å². The zero-order chi connectivity index (χ0) is 12.3. The van der Waals surface area contributed by atoms with Crippen LogP contribution in [0.2, 0.25) is 0 Å². The minimum absolute atomic E-state index is 0.00580. The van der Waals surface area contributed by atoms with Crippen LogP contribution in [0.3, 0.4) is 0 Å². The van der Waals surface area contributed by atoms with Gasteiger partial charge >= 0.3 is 5.97 Å². The van der Waals surface area contributed by atoms with Gasteiger partial charge in [-0.3, -0.25) is 4.98 Å². The first-order chi connectivity index (χ1) is 8.16. The minimum Gasteiger partial charge on any atom is -0.459 e. The number of anilines is 1. The number of esters is 1. The molecule has 5 heteroatoms. The topological polar surface area (TPSA) is 68.5 Å². The maximum Gasteiger partial charge on any atom is 0.340 e. The highest BCUT2D eigenvalue weighted by molar-refractivity contribution is 5.94. The molecule has 1 fully saturated rings. The molecule has 1 aliphatic heterocycles. The second-order valence-electron chi connectivity index (χ2n) is 4.37. The van der Waals surface area contributed by atoms with Crippen molar-refractivity contribution >= 4 is 11.7 Å². The summed E-state index contributed by atoms with van der Waals surface area (Å²) in [6.07, 6.45) is 4.78. The van der Waals surface area contributed by atoms with Crippen LogP contribution in [0.4, 0.5) is 5.69 Å². The van der Waals surface area contributed by atoms with E-state index in [1.807, 2.05) is 0 Å². The lowest BCUT2D eigenvalue weighted by atomic mass is 10.1. The molecule has 0 amide bonds. The van der Waals surface area contributed by atoms with E-state index in [0.717, 1.165) is 25.9 Å². The Morgan fingerprint density at radius 1 is 1.53 bits per heavy atom. The third-order valence-electron chi connectivity index (χ3n) is 3.01. The summed E-state index contributed by atoms with van der Waals surface area (Å²) in [5.41, 5.74) is 6.45. The van der Waals surface area contributed by atoms with Gasteiger partial charge in [0.1, 0.15) is 6.10 Å². The number of rotatable bonds is 2. The van der Waals surface area contributed by atoms with Crippen LogP contribution in [0.1, 0.15) is 23.2 Å². The summed E-state index contributed by atoms with van der Waals surface area (Å²) < 4.78 is 5.43. The molecule has 1 saturated heterocycles. The quantitative estimate of drug-likeness (QED) is 0.772. The number of carbonyl (C=O) groups excluding carboxylic acids is 1. The summed E-state index contributed by atoms with van der Waals surface area (Å²) in [5, 5.41) is 0. The molecule has 0 atom stereocenters. The molecule has 2 heterocycles. The number of nitrogens with two attached hydrogens (primary N) is 1. The zero-order valence-corrected chi connectivity index (χ0v) is 9.93. The molecule has 0 saturated carbocycles. The zero-order valence-electron chi connectivity index (χ0n) is 9.93. The van der Waals surface area contributed by atoms with Gasteiger partial charge in [-0.25, -0.2) is 4.79 Å². The molecule has 1 aliphatic rings. The Balaban J connectivity index is 1.96. The Bertz CT molecular complexity index is 400. The van der Waals surface area contributed by atoms with Crippen molar-refractivity contribution in [3.63, 3.8) is 0 Å². The Morgan fingerprint density at radius 3 is 2.88 bits per heavy atom. The smallest absolute Gasteiger partial charge is 0.340 e. The van der Waals surface area contributed by atoms with Crippen LogP contribution in [-0.2, 0) is 4.74 Å². The van der Waals surface area contributed by atoms with Gasteiger partial charge in [0.15, 0.2) is 0 Å². The maximum atomic E-state index is 11.9. The van der Waals surface area contributed by atoms with Crippen LogP contribution in [0.15, 0.2) is 18.5 Å². The van der Waals surface area contributed by atoms with Crippen molar-refractivity contribution < 1.29 is 9.53 Å². The average molecular weight is 235 g/mol. The predicted octanol–water partition coefficient (Wildman–Crippen LogP) is 0.915. The largest absolute Gasteiger partial charge is 0.459 e. The highest BCUT2D eigenvalue weighted by Crippen LogP contribution is 2.16. The summed E-state index contributed by atoms with van der Waals surface area (Å²) in [4.78, 5) is 17.9. The summed E-state index contributed by atoms with van der Waals surface area (Å²) >= 11 is 0. The van der Waals surface area contributed by atoms with Crippen molar-refractivity contribution in [2.45, 2.75) is 18.9 Å². The molecule has 0 aliphatic carbocycles. The highest BCUT2D eigenvalue weighted by Gasteiger charge is 2.21. The molecule has 92 valence electrons. The lowest BCUT2D eigenvalue weighted by molar-refractivity contribution is 0.0140. The highest BCUT2D eigenvalue weighted by atomic mass is 16.5. The fourth-order valence-corrected chi connectivity index (χ4v) is 1.91. The molecule has 0 unspecified atom stereocenters. The average Bonchev–Trinajstić information content (AvgIpc) is 2.32. The third-order valence-corrected chi connectivity index (χ3v) is 3.01. The van der Waals surface area contributed by atoms with E-state index in [4.69, 9.17) is 10.5 Å². The predicted molar refractivity (Wildman–Crippen MR) is 64.6 cm³/mol. The Labute approximate surface area is 101 Å². The molecule has 17 heavy (non-hydrogen) atoms. The van der Waals surface area contributed by atoms with Crippen molar-refractivity contribution in [2.24, 2.45) is 0 Å². The van der Waals surface area contributed by atoms with Gasteiger partial charge in [-0.05, 0) is 26.0 Å². The van der Waals surface area contributed by atoms with Crippen molar-refractivity contribution in [2.75, 3.05) is 25.9 Å². The molecule has 1 aromatic heterocycles. The maximum absolute atomic E-state index is 11.9. The lowest BCUT2D eigenvalue weighted by Gasteiger charge is -2.28. The standard InChI is InChI=1S/C12H17N3O2/c1-15-6-3-9(4-7-15)17-12(16)10-2-5-14-8-11(10)13/h2,5,8-9H,3-4,6-7,13H2,1H3. The van der Waals surface area contributed by atoms with E-state index in [2.05, 4.69) is 16.9 Å². The first-order valence-corrected chi connectivity index (χ1v) is 5.76. The number of hydrogen-bond donors (Lipinski definition) is 1. The molecule has 0 spiro atoms. The van der Waals surface area contributed by atoms with E-state index < -0.39 is 0 Å². The molecular weight excluding hydrogens is 218 g/mol. The first-order valence-electron chi connectivity index (χ1n) is 5.76. The minimum atomic E-state index is -0.348. The van der Waals surface area contributed by atoms with E-state index >= 15 is 0 Å². The molecule has 0 bridgehead atoms. The fourth-order valence-electron chi connectivity index (χ4n) is 1.91. The van der Waals surface area contributed by atoms with Crippen LogP contribution in [0, 0.1) is 0 Å². The van der Waals surface area contributed by atoms with Crippen LogP contribution in [0.25, 0.3) is 0 Å². The second kappa shape index (κ2) is 5.14.